The van der Waals surface area contributed by atoms with Gasteiger partial charge in [-0.2, -0.15) is 0 Å². The molecule has 0 bridgehead atoms. The average molecular weight is 398 g/mol. The lowest BCUT2D eigenvalue weighted by Crippen LogP contribution is -2.55. The summed E-state index contributed by atoms with van der Waals surface area (Å²) >= 11 is 0. The van der Waals surface area contributed by atoms with Gasteiger partial charge in [0, 0.05) is 37.3 Å². The maximum absolute atomic E-state index is 13.1. The Bertz CT molecular complexity index is 653. The van der Waals surface area contributed by atoms with Crippen molar-refractivity contribution in [2.24, 2.45) is 11.7 Å². The van der Waals surface area contributed by atoms with Crippen molar-refractivity contribution < 1.29 is 14.0 Å². The first-order valence-corrected chi connectivity index (χ1v) is 9.58. The third-order valence-corrected chi connectivity index (χ3v) is 5.59. The first-order chi connectivity index (χ1) is 12.5. The summed E-state index contributed by atoms with van der Waals surface area (Å²) in [6, 6.07) is 5.64. The molecule has 2 aliphatic heterocycles. The largest absolute Gasteiger partial charge is 0.338 e. The summed E-state index contributed by atoms with van der Waals surface area (Å²) in [5.41, 5.74) is 6.56. The van der Waals surface area contributed by atoms with Gasteiger partial charge in [0.1, 0.15) is 5.82 Å². The number of likely N-dealkylation sites (tertiary alicyclic amines) is 2. The zero-order valence-electron chi connectivity index (χ0n) is 15.8. The molecule has 150 valence electrons. The fraction of sp³-hybridized carbons (Fsp3) is 0.600. The number of piperidine rings is 2. The summed E-state index contributed by atoms with van der Waals surface area (Å²) in [5.74, 6) is -0.540. The Kier molecular flexibility index (Phi) is 7.62. The van der Waals surface area contributed by atoms with Gasteiger partial charge in [-0.1, -0.05) is 0 Å². The van der Waals surface area contributed by atoms with Crippen molar-refractivity contribution in [1.82, 2.24) is 9.80 Å². The normalized spacial score (nSPS) is 24.1. The van der Waals surface area contributed by atoms with Crippen LogP contribution in [0, 0.1) is 11.7 Å². The van der Waals surface area contributed by atoms with Crippen LogP contribution in [0.1, 0.15) is 49.4 Å². The molecule has 0 aliphatic carbocycles. The number of nitrogens with two attached hydrogens (primary N) is 1. The van der Waals surface area contributed by atoms with E-state index in [1.807, 2.05) is 11.8 Å². The number of carbonyl (C=O) groups excluding carboxylic acids is 2. The highest BCUT2D eigenvalue weighted by molar-refractivity contribution is 5.94. The number of amides is 2. The Morgan fingerprint density at radius 1 is 1.11 bits per heavy atom. The zero-order chi connectivity index (χ0) is 18.7. The monoisotopic (exact) mass is 397 g/mol. The van der Waals surface area contributed by atoms with Crippen molar-refractivity contribution in [2.45, 2.75) is 51.1 Å². The fourth-order valence-corrected chi connectivity index (χ4v) is 4.15. The van der Waals surface area contributed by atoms with E-state index in [2.05, 4.69) is 0 Å². The van der Waals surface area contributed by atoms with E-state index < -0.39 is 0 Å². The van der Waals surface area contributed by atoms with E-state index >= 15 is 0 Å². The zero-order valence-corrected chi connectivity index (χ0v) is 16.6. The summed E-state index contributed by atoms with van der Waals surface area (Å²) < 4.78 is 13.1. The van der Waals surface area contributed by atoms with E-state index in [4.69, 9.17) is 5.73 Å². The van der Waals surface area contributed by atoms with Gasteiger partial charge in [0.2, 0.25) is 5.91 Å². The SMILES string of the molecule is CC(N)C1CCCCN1C(=O)C1CCCN(C(=O)c2ccc(F)cc2)C1.Cl. The molecule has 0 aromatic heterocycles. The second-order valence-electron chi connectivity index (χ2n) is 7.55. The lowest BCUT2D eigenvalue weighted by molar-refractivity contribution is -0.141. The molecule has 27 heavy (non-hydrogen) atoms. The molecular formula is C20H29ClFN3O2. The fourth-order valence-electron chi connectivity index (χ4n) is 4.15. The molecule has 2 aliphatic rings. The molecule has 1 aromatic rings. The number of hydrogen-bond donors (Lipinski definition) is 1. The van der Waals surface area contributed by atoms with Crippen LogP contribution < -0.4 is 5.73 Å². The Labute approximate surface area is 166 Å². The van der Waals surface area contributed by atoms with Gasteiger partial charge >= 0.3 is 0 Å². The van der Waals surface area contributed by atoms with Crippen molar-refractivity contribution in [2.75, 3.05) is 19.6 Å². The summed E-state index contributed by atoms with van der Waals surface area (Å²) in [5, 5.41) is 0. The second kappa shape index (κ2) is 9.51. The van der Waals surface area contributed by atoms with E-state index in [9.17, 15) is 14.0 Å². The minimum atomic E-state index is -0.361. The van der Waals surface area contributed by atoms with Gasteiger partial charge < -0.3 is 15.5 Å². The van der Waals surface area contributed by atoms with Crippen LogP contribution in [0.15, 0.2) is 24.3 Å². The Balaban J connectivity index is 0.00000261. The molecule has 2 amide bonds. The number of carbonyl (C=O) groups is 2. The van der Waals surface area contributed by atoms with Crippen molar-refractivity contribution >= 4 is 24.2 Å². The first-order valence-electron chi connectivity index (χ1n) is 9.58. The van der Waals surface area contributed by atoms with Crippen molar-refractivity contribution in [3.8, 4) is 0 Å². The Morgan fingerprint density at radius 3 is 2.48 bits per heavy atom. The van der Waals surface area contributed by atoms with Crippen LogP contribution in [-0.2, 0) is 4.79 Å². The highest BCUT2D eigenvalue weighted by atomic mass is 35.5. The molecular weight excluding hydrogens is 369 g/mol. The van der Waals surface area contributed by atoms with Gasteiger partial charge in [-0.25, -0.2) is 4.39 Å². The molecule has 2 heterocycles. The predicted octanol–water partition coefficient (Wildman–Crippen LogP) is 2.83. The number of nitrogens with zero attached hydrogens (tertiary/aromatic N) is 2. The van der Waals surface area contributed by atoms with Gasteiger partial charge in [-0.05, 0) is 63.3 Å². The summed E-state index contributed by atoms with van der Waals surface area (Å²) in [6.07, 6.45) is 4.68. The topological polar surface area (TPSA) is 66.6 Å². The van der Waals surface area contributed by atoms with E-state index in [0.29, 0.717) is 18.7 Å². The Morgan fingerprint density at radius 2 is 1.81 bits per heavy atom. The first kappa shape index (κ1) is 21.6. The molecule has 0 spiro atoms. The highest BCUT2D eigenvalue weighted by Gasteiger charge is 2.36. The smallest absolute Gasteiger partial charge is 0.253 e. The van der Waals surface area contributed by atoms with Crippen molar-refractivity contribution in [3.05, 3.63) is 35.6 Å². The minimum Gasteiger partial charge on any atom is -0.338 e. The molecule has 3 unspecified atom stereocenters. The van der Waals surface area contributed by atoms with Crippen LogP contribution >= 0.6 is 12.4 Å². The number of halogens is 2. The van der Waals surface area contributed by atoms with E-state index in [0.717, 1.165) is 38.6 Å². The third-order valence-electron chi connectivity index (χ3n) is 5.59. The summed E-state index contributed by atoms with van der Waals surface area (Å²) in [4.78, 5) is 29.5. The van der Waals surface area contributed by atoms with Crippen LogP contribution in [0.3, 0.4) is 0 Å². The number of benzene rings is 1. The van der Waals surface area contributed by atoms with Crippen LogP contribution in [0.25, 0.3) is 0 Å². The Hall–Kier alpha value is -1.66. The minimum absolute atomic E-state index is 0. The summed E-state index contributed by atoms with van der Waals surface area (Å²) in [7, 11) is 0. The lowest BCUT2D eigenvalue weighted by Gasteiger charge is -2.42. The van der Waals surface area contributed by atoms with Crippen LogP contribution in [0.4, 0.5) is 4.39 Å². The van der Waals surface area contributed by atoms with Gasteiger partial charge in [-0.15, -0.1) is 12.4 Å². The molecule has 2 fully saturated rings. The third kappa shape index (κ3) is 4.99. The maximum atomic E-state index is 13.1. The average Bonchev–Trinajstić information content (AvgIpc) is 2.67. The molecule has 7 heteroatoms. The standard InChI is InChI=1S/C20H28FN3O2.ClH/c1-14(22)18-6-2-3-12-24(18)20(26)16-5-4-11-23(13-16)19(25)15-7-9-17(21)10-8-15;/h7-10,14,16,18H,2-6,11-13,22H2,1H3;1H. The predicted molar refractivity (Wildman–Crippen MR) is 105 cm³/mol. The van der Waals surface area contributed by atoms with Crippen molar-refractivity contribution in [1.29, 1.82) is 0 Å². The molecule has 2 saturated heterocycles. The molecule has 2 N–H and O–H groups in total. The molecule has 1 aromatic carbocycles. The van der Waals surface area contributed by atoms with E-state index in [1.165, 1.54) is 24.3 Å². The second-order valence-corrected chi connectivity index (χ2v) is 7.55. The van der Waals surface area contributed by atoms with Gasteiger partial charge in [0.25, 0.3) is 5.91 Å². The van der Waals surface area contributed by atoms with Crippen LogP contribution in [-0.4, -0.2) is 53.3 Å². The molecule has 3 rings (SSSR count). The lowest BCUT2D eigenvalue weighted by atomic mass is 9.91. The van der Waals surface area contributed by atoms with Gasteiger partial charge in [0.05, 0.1) is 5.92 Å². The van der Waals surface area contributed by atoms with E-state index in [-0.39, 0.29) is 48.0 Å². The highest BCUT2D eigenvalue weighted by Crippen LogP contribution is 2.26. The van der Waals surface area contributed by atoms with Crippen LogP contribution in [0.5, 0.6) is 0 Å². The maximum Gasteiger partial charge on any atom is 0.253 e. The van der Waals surface area contributed by atoms with Gasteiger partial charge in [-0.3, -0.25) is 9.59 Å². The molecule has 0 saturated carbocycles. The molecule has 3 atom stereocenters. The van der Waals surface area contributed by atoms with Crippen LogP contribution in [0.2, 0.25) is 0 Å². The quantitative estimate of drug-likeness (QED) is 0.852. The van der Waals surface area contributed by atoms with Crippen molar-refractivity contribution in [3.63, 3.8) is 0 Å². The number of hydrogen-bond acceptors (Lipinski definition) is 3. The van der Waals surface area contributed by atoms with E-state index in [1.54, 1.807) is 4.90 Å². The molecule has 0 radical (unpaired) electrons. The number of rotatable bonds is 3. The summed E-state index contributed by atoms with van der Waals surface area (Å²) in [6.45, 7) is 3.78. The van der Waals surface area contributed by atoms with Gasteiger partial charge in [0.15, 0.2) is 0 Å². The molecule has 5 nitrogen and oxygen atoms in total.